The molecule has 0 aliphatic carbocycles. The van der Waals surface area contributed by atoms with Crippen LogP contribution in [0.4, 0.5) is 5.82 Å². The average Bonchev–Trinajstić information content (AvgIpc) is 2.90. The second kappa shape index (κ2) is 7.59. The summed E-state index contributed by atoms with van der Waals surface area (Å²) in [6.45, 7) is 3.11. The molecule has 2 atom stereocenters. The number of nitrogens with one attached hydrogen (secondary N) is 2. The van der Waals surface area contributed by atoms with Gasteiger partial charge in [-0.15, -0.1) is 5.10 Å². The van der Waals surface area contributed by atoms with Gasteiger partial charge in [0.1, 0.15) is 5.69 Å². The number of halogens is 2. The zero-order chi connectivity index (χ0) is 18.0. The molecule has 0 spiro atoms. The van der Waals surface area contributed by atoms with E-state index in [4.69, 9.17) is 27.9 Å². The summed E-state index contributed by atoms with van der Waals surface area (Å²) in [7, 11) is 1.63. The lowest BCUT2D eigenvalue weighted by Gasteiger charge is -2.38. The molecule has 1 aliphatic heterocycles. The highest BCUT2D eigenvalue weighted by molar-refractivity contribution is 6.44. The number of nitrogens with zero attached hydrogens (tertiary/aromatic N) is 3. The highest BCUT2D eigenvalue weighted by Gasteiger charge is 2.32. The maximum Gasteiger partial charge on any atom is 0.269 e. The number of carbonyl (C=O) groups excluding carboxylic acids is 1. The molecule has 2 aromatic heterocycles. The number of hydrogen-bond donors (Lipinski definition) is 2. The van der Waals surface area contributed by atoms with Crippen molar-refractivity contribution in [3.8, 4) is 0 Å². The number of hydrogen-bond acceptors (Lipinski definition) is 5. The molecule has 25 heavy (non-hydrogen) atoms. The Balaban J connectivity index is 1.69. The van der Waals surface area contributed by atoms with Gasteiger partial charge in [-0.3, -0.25) is 4.79 Å². The first kappa shape index (κ1) is 18.0. The van der Waals surface area contributed by atoms with Crippen LogP contribution in [0.15, 0.2) is 18.3 Å². The van der Waals surface area contributed by atoms with Crippen LogP contribution >= 0.6 is 23.2 Å². The molecular weight excluding hydrogens is 365 g/mol. The van der Waals surface area contributed by atoms with Gasteiger partial charge in [0.05, 0.1) is 22.2 Å². The minimum absolute atomic E-state index is 0.135. The molecule has 9 heteroatoms. The number of aromatic nitrogens is 3. The van der Waals surface area contributed by atoms with Crippen molar-refractivity contribution in [1.29, 1.82) is 0 Å². The lowest BCUT2D eigenvalue weighted by Crippen LogP contribution is -2.55. The van der Waals surface area contributed by atoms with Crippen LogP contribution in [-0.2, 0) is 4.74 Å². The van der Waals surface area contributed by atoms with Crippen molar-refractivity contribution >= 4 is 34.9 Å². The highest BCUT2D eigenvalue weighted by atomic mass is 35.5. The predicted molar refractivity (Wildman–Crippen MR) is 96.5 cm³/mol. The van der Waals surface area contributed by atoms with Crippen LogP contribution < -0.4 is 10.2 Å². The van der Waals surface area contributed by atoms with Gasteiger partial charge in [-0.1, -0.05) is 23.2 Å². The molecule has 1 fully saturated rings. The minimum Gasteiger partial charge on any atom is -0.377 e. The molecular formula is C16H19Cl2N5O2. The van der Waals surface area contributed by atoms with Crippen molar-refractivity contribution in [1.82, 2.24) is 20.5 Å². The highest BCUT2D eigenvalue weighted by Crippen LogP contribution is 2.29. The number of carbonyl (C=O) groups is 1. The Hall–Kier alpha value is -1.83. The maximum absolute atomic E-state index is 12.5. The van der Waals surface area contributed by atoms with Crippen LogP contribution in [0.25, 0.3) is 0 Å². The van der Waals surface area contributed by atoms with Gasteiger partial charge in [-0.25, -0.2) is 0 Å². The van der Waals surface area contributed by atoms with Gasteiger partial charge in [0, 0.05) is 32.1 Å². The number of ether oxygens (including phenoxy) is 1. The summed E-state index contributed by atoms with van der Waals surface area (Å²) in [4.78, 5) is 17.5. The smallest absolute Gasteiger partial charge is 0.269 e. The molecule has 0 unspecified atom stereocenters. The summed E-state index contributed by atoms with van der Waals surface area (Å²) in [5, 5.41) is 11.6. The Labute approximate surface area is 155 Å². The first-order valence-electron chi connectivity index (χ1n) is 7.91. The van der Waals surface area contributed by atoms with Crippen molar-refractivity contribution < 1.29 is 9.53 Å². The second-order valence-electron chi connectivity index (χ2n) is 5.92. The normalized spacial score (nSPS) is 20.6. The van der Waals surface area contributed by atoms with Gasteiger partial charge in [-0.05, 0) is 25.5 Å². The topological polar surface area (TPSA) is 83.1 Å². The van der Waals surface area contributed by atoms with E-state index in [1.807, 2.05) is 12.1 Å². The summed E-state index contributed by atoms with van der Waals surface area (Å²) >= 11 is 12.2. The fourth-order valence-electron chi connectivity index (χ4n) is 2.96. The molecule has 3 heterocycles. The SMILES string of the molecule is CO[C@H]1CN(c2cccnn2)CC[C@H]1NC(=O)c1[nH]c(C)c(Cl)c1Cl. The predicted octanol–water partition coefficient (Wildman–Crippen LogP) is 2.44. The van der Waals surface area contributed by atoms with Crippen molar-refractivity contribution in [3.05, 3.63) is 39.8 Å². The van der Waals surface area contributed by atoms with E-state index in [0.717, 1.165) is 12.4 Å². The third-order valence-corrected chi connectivity index (χ3v) is 5.29. The number of amides is 1. The first-order valence-corrected chi connectivity index (χ1v) is 8.66. The largest absolute Gasteiger partial charge is 0.377 e. The molecule has 0 bridgehead atoms. The lowest BCUT2D eigenvalue weighted by atomic mass is 10.0. The monoisotopic (exact) mass is 383 g/mol. The number of aryl methyl sites for hydroxylation is 1. The van der Waals surface area contributed by atoms with E-state index in [1.165, 1.54) is 0 Å². The van der Waals surface area contributed by atoms with Gasteiger partial charge in [0.15, 0.2) is 5.82 Å². The van der Waals surface area contributed by atoms with Crippen LogP contribution in [0.3, 0.4) is 0 Å². The lowest BCUT2D eigenvalue weighted by molar-refractivity contribution is 0.0538. The van der Waals surface area contributed by atoms with Gasteiger partial charge in [0.2, 0.25) is 0 Å². The number of rotatable bonds is 4. The summed E-state index contributed by atoms with van der Waals surface area (Å²) in [6.07, 6.45) is 2.17. The molecule has 0 saturated carbocycles. The standard InChI is InChI=1S/C16H19Cl2N5O2/c1-9-13(17)14(18)15(20-9)16(24)21-10-5-7-23(8-11(10)25-2)12-4-3-6-19-22-12/h3-4,6,10-11,20H,5,7-8H2,1-2H3,(H,21,24)/t10-,11+/m1/s1. The van der Waals surface area contributed by atoms with Gasteiger partial charge in [-0.2, -0.15) is 5.10 Å². The average molecular weight is 384 g/mol. The molecule has 0 aromatic carbocycles. The Morgan fingerprint density at radius 3 is 2.84 bits per heavy atom. The fraction of sp³-hybridized carbons (Fsp3) is 0.438. The molecule has 7 nitrogen and oxygen atoms in total. The van der Waals surface area contributed by atoms with E-state index in [0.29, 0.717) is 23.7 Å². The van der Waals surface area contributed by atoms with Gasteiger partial charge < -0.3 is 19.9 Å². The van der Waals surface area contributed by atoms with E-state index < -0.39 is 0 Å². The molecule has 0 radical (unpaired) electrons. The Bertz CT molecular complexity index is 752. The first-order chi connectivity index (χ1) is 12.0. The third-order valence-electron chi connectivity index (χ3n) is 4.34. The molecule has 1 aliphatic rings. The minimum atomic E-state index is -0.292. The molecule has 2 aromatic rings. The van der Waals surface area contributed by atoms with E-state index in [9.17, 15) is 4.79 Å². The molecule has 1 saturated heterocycles. The number of piperidine rings is 1. The van der Waals surface area contributed by atoms with Crippen molar-refractivity contribution in [2.24, 2.45) is 0 Å². The van der Waals surface area contributed by atoms with Crippen LogP contribution in [-0.4, -0.2) is 53.4 Å². The summed E-state index contributed by atoms with van der Waals surface area (Å²) < 4.78 is 5.58. The fourth-order valence-corrected chi connectivity index (χ4v) is 3.38. The maximum atomic E-state index is 12.5. The van der Waals surface area contributed by atoms with Crippen molar-refractivity contribution in [2.45, 2.75) is 25.5 Å². The van der Waals surface area contributed by atoms with E-state index in [1.54, 1.807) is 20.2 Å². The molecule has 134 valence electrons. The zero-order valence-corrected chi connectivity index (χ0v) is 15.4. The number of methoxy groups -OCH3 is 1. The third kappa shape index (κ3) is 3.73. The molecule has 2 N–H and O–H groups in total. The molecule has 1 amide bonds. The number of H-pyrrole nitrogens is 1. The van der Waals surface area contributed by atoms with Crippen LogP contribution in [0, 0.1) is 6.92 Å². The van der Waals surface area contributed by atoms with Crippen LogP contribution in [0.5, 0.6) is 0 Å². The number of aromatic amines is 1. The van der Waals surface area contributed by atoms with Crippen molar-refractivity contribution in [2.75, 3.05) is 25.1 Å². The van der Waals surface area contributed by atoms with Crippen molar-refractivity contribution in [3.63, 3.8) is 0 Å². The Morgan fingerprint density at radius 1 is 1.44 bits per heavy atom. The van der Waals surface area contributed by atoms with Crippen LogP contribution in [0.2, 0.25) is 10.0 Å². The van der Waals surface area contributed by atoms with Gasteiger partial charge in [0.25, 0.3) is 5.91 Å². The van der Waals surface area contributed by atoms with E-state index in [-0.39, 0.29) is 28.8 Å². The Morgan fingerprint density at radius 2 is 2.24 bits per heavy atom. The number of anilines is 1. The zero-order valence-electron chi connectivity index (χ0n) is 13.9. The molecule has 3 rings (SSSR count). The Kier molecular flexibility index (Phi) is 5.46. The van der Waals surface area contributed by atoms with Crippen LogP contribution in [0.1, 0.15) is 22.6 Å². The van der Waals surface area contributed by atoms with E-state index in [2.05, 4.69) is 25.4 Å². The van der Waals surface area contributed by atoms with Gasteiger partial charge >= 0.3 is 0 Å². The summed E-state index contributed by atoms with van der Waals surface area (Å²) in [5.41, 5.74) is 0.938. The quantitative estimate of drug-likeness (QED) is 0.846. The summed E-state index contributed by atoms with van der Waals surface area (Å²) in [5.74, 6) is 0.504. The van der Waals surface area contributed by atoms with E-state index >= 15 is 0 Å². The summed E-state index contributed by atoms with van der Waals surface area (Å²) in [6, 6.07) is 3.61. The second-order valence-corrected chi connectivity index (χ2v) is 6.68.